The monoisotopic (exact) mass is 558 g/mol. The van der Waals surface area contributed by atoms with Gasteiger partial charge in [-0.1, -0.05) is 32.0 Å². The molecule has 7 nitrogen and oxygen atoms in total. The highest BCUT2D eigenvalue weighted by Crippen LogP contribution is 2.27. The van der Waals surface area contributed by atoms with Crippen molar-refractivity contribution in [3.63, 3.8) is 0 Å². The van der Waals surface area contributed by atoms with Crippen molar-refractivity contribution in [1.29, 1.82) is 0 Å². The summed E-state index contributed by atoms with van der Waals surface area (Å²) in [7, 11) is 0. The molecule has 1 fully saturated rings. The van der Waals surface area contributed by atoms with E-state index in [2.05, 4.69) is 15.1 Å². The first-order valence-corrected chi connectivity index (χ1v) is 11.0. The minimum absolute atomic E-state index is 0. The summed E-state index contributed by atoms with van der Waals surface area (Å²) in [5, 5.41) is 13.1. The number of anilines is 2. The number of aromatic nitrogens is 1. The van der Waals surface area contributed by atoms with Crippen molar-refractivity contribution in [2.75, 3.05) is 36.4 Å². The number of halogens is 4. The molecule has 1 aliphatic heterocycles. The highest BCUT2D eigenvalue weighted by atomic mass is 35.5. The van der Waals surface area contributed by atoms with Gasteiger partial charge in [0.15, 0.2) is 0 Å². The largest absolute Gasteiger partial charge is 0.478 e. The van der Waals surface area contributed by atoms with Gasteiger partial charge in [0, 0.05) is 55.3 Å². The van der Waals surface area contributed by atoms with E-state index in [1.54, 1.807) is 50.2 Å². The minimum Gasteiger partial charge on any atom is -0.478 e. The molecular formula is C25H30Cl3FN4O3. The number of benzene rings is 2. The number of hydrogen-bond donors (Lipinski definition) is 2. The molecule has 2 aromatic carbocycles. The van der Waals surface area contributed by atoms with Gasteiger partial charge in [-0.3, -0.25) is 9.69 Å². The van der Waals surface area contributed by atoms with Crippen LogP contribution in [-0.2, 0) is 11.3 Å². The maximum absolute atomic E-state index is 14.0. The van der Waals surface area contributed by atoms with Crippen molar-refractivity contribution >= 4 is 71.5 Å². The van der Waals surface area contributed by atoms with Crippen LogP contribution in [0.4, 0.5) is 15.9 Å². The Morgan fingerprint density at radius 3 is 2.31 bits per heavy atom. The normalized spacial score (nSPS) is 13.4. The highest BCUT2D eigenvalue weighted by molar-refractivity contribution is 6.05. The molecule has 36 heavy (non-hydrogen) atoms. The number of nitrogens with one attached hydrogen (secondary N) is 1. The third kappa shape index (κ3) is 7.20. The Balaban J connectivity index is 0.00000216. The van der Waals surface area contributed by atoms with E-state index in [0.717, 1.165) is 13.1 Å². The number of piperazine rings is 1. The molecule has 1 aromatic heterocycles. The van der Waals surface area contributed by atoms with E-state index >= 15 is 0 Å². The van der Waals surface area contributed by atoms with Crippen LogP contribution in [0.3, 0.4) is 0 Å². The van der Waals surface area contributed by atoms with E-state index in [4.69, 9.17) is 4.98 Å². The number of carbonyl (C=O) groups excluding carboxylic acids is 1. The lowest BCUT2D eigenvalue weighted by Crippen LogP contribution is -2.46. The Morgan fingerprint density at radius 1 is 1.03 bits per heavy atom. The average Bonchev–Trinajstić information content (AvgIpc) is 2.80. The summed E-state index contributed by atoms with van der Waals surface area (Å²) in [6.07, 6.45) is 0. The topological polar surface area (TPSA) is 85.8 Å². The number of hydrogen-bond acceptors (Lipinski definition) is 5. The van der Waals surface area contributed by atoms with Gasteiger partial charge >= 0.3 is 5.97 Å². The van der Waals surface area contributed by atoms with Gasteiger partial charge < -0.3 is 15.3 Å². The van der Waals surface area contributed by atoms with E-state index in [-0.39, 0.29) is 60.4 Å². The number of carboxylic acid groups (broad SMARTS) is 1. The molecule has 0 atom stereocenters. The second-order valence-corrected chi connectivity index (χ2v) is 8.56. The fraction of sp³-hybridized carbons (Fsp3) is 0.320. The molecule has 0 unspecified atom stereocenters. The van der Waals surface area contributed by atoms with Crippen LogP contribution in [0.2, 0.25) is 0 Å². The number of rotatable bonds is 6. The van der Waals surface area contributed by atoms with Gasteiger partial charge in [0.1, 0.15) is 11.6 Å². The molecule has 0 bridgehead atoms. The molecule has 0 radical (unpaired) electrons. The fourth-order valence-corrected chi connectivity index (χ4v) is 3.92. The summed E-state index contributed by atoms with van der Waals surface area (Å²) in [5.41, 5.74) is 1.91. The Bertz CT molecular complexity index is 1200. The van der Waals surface area contributed by atoms with E-state index in [9.17, 15) is 19.1 Å². The maximum atomic E-state index is 14.0. The van der Waals surface area contributed by atoms with E-state index < -0.39 is 5.97 Å². The first kappa shape index (κ1) is 31.4. The molecule has 1 amide bonds. The molecule has 0 aliphatic carbocycles. The number of nitrogens with zero attached hydrogens (tertiary/aromatic N) is 3. The number of amides is 1. The fourth-order valence-electron chi connectivity index (χ4n) is 3.92. The van der Waals surface area contributed by atoms with Gasteiger partial charge in [0.05, 0.1) is 11.1 Å². The second-order valence-electron chi connectivity index (χ2n) is 8.56. The predicted octanol–water partition coefficient (Wildman–Crippen LogP) is 5.25. The van der Waals surface area contributed by atoms with Gasteiger partial charge in [0.2, 0.25) is 5.91 Å². The molecule has 11 heteroatoms. The van der Waals surface area contributed by atoms with Gasteiger partial charge in [-0.2, -0.15) is 0 Å². The zero-order chi connectivity index (χ0) is 23.5. The lowest BCUT2D eigenvalue weighted by Gasteiger charge is -2.35. The van der Waals surface area contributed by atoms with Crippen molar-refractivity contribution < 1.29 is 19.1 Å². The Kier molecular flexibility index (Phi) is 11.9. The molecule has 2 heterocycles. The summed E-state index contributed by atoms with van der Waals surface area (Å²) in [4.78, 5) is 32.9. The van der Waals surface area contributed by atoms with E-state index in [1.165, 1.54) is 6.07 Å². The van der Waals surface area contributed by atoms with Crippen LogP contribution in [0.25, 0.3) is 10.9 Å². The Labute approximate surface area is 228 Å². The zero-order valence-electron chi connectivity index (χ0n) is 19.9. The summed E-state index contributed by atoms with van der Waals surface area (Å²) >= 11 is 0. The number of pyridine rings is 1. The maximum Gasteiger partial charge on any atom is 0.336 e. The first-order chi connectivity index (χ1) is 15.8. The number of aromatic carboxylic acids is 1. The smallest absolute Gasteiger partial charge is 0.336 e. The molecular weight excluding hydrogens is 530 g/mol. The van der Waals surface area contributed by atoms with Crippen molar-refractivity contribution in [3.05, 3.63) is 65.5 Å². The number of fused-ring (bicyclic) bond motifs is 1. The second kappa shape index (κ2) is 13.6. The molecule has 2 N–H and O–H groups in total. The van der Waals surface area contributed by atoms with Gasteiger partial charge in [-0.25, -0.2) is 14.2 Å². The molecule has 1 aliphatic rings. The summed E-state index contributed by atoms with van der Waals surface area (Å²) in [6, 6.07) is 13.5. The van der Waals surface area contributed by atoms with Crippen molar-refractivity contribution in [2.45, 2.75) is 20.4 Å². The van der Waals surface area contributed by atoms with Crippen LogP contribution >= 0.6 is 37.2 Å². The Hall–Kier alpha value is -2.65. The third-order valence-corrected chi connectivity index (χ3v) is 5.87. The number of carboxylic acids is 1. The highest BCUT2D eigenvalue weighted by Gasteiger charge is 2.22. The lowest BCUT2D eigenvalue weighted by atomic mass is 10.1. The summed E-state index contributed by atoms with van der Waals surface area (Å²) < 4.78 is 14.0. The van der Waals surface area contributed by atoms with Crippen LogP contribution in [0.1, 0.15) is 29.8 Å². The van der Waals surface area contributed by atoms with Crippen LogP contribution in [0.15, 0.2) is 48.5 Å². The van der Waals surface area contributed by atoms with Crippen LogP contribution in [0, 0.1) is 11.7 Å². The van der Waals surface area contributed by atoms with Crippen molar-refractivity contribution in [2.24, 2.45) is 5.92 Å². The molecule has 1 saturated heterocycles. The predicted molar refractivity (Wildman–Crippen MR) is 148 cm³/mol. The quantitative estimate of drug-likeness (QED) is 0.429. The van der Waals surface area contributed by atoms with Gasteiger partial charge in [0.25, 0.3) is 0 Å². The lowest BCUT2D eigenvalue weighted by molar-refractivity contribution is -0.118. The summed E-state index contributed by atoms with van der Waals surface area (Å²) in [5.74, 6) is -0.967. The Morgan fingerprint density at radius 2 is 1.69 bits per heavy atom. The molecule has 4 rings (SSSR count). The van der Waals surface area contributed by atoms with Gasteiger partial charge in [-0.05, 0) is 30.3 Å². The first-order valence-electron chi connectivity index (χ1n) is 11.0. The standard InChI is InChI=1S/C25H27FN4O3.3ClH/c1-16(2)24(31)27-18-7-8-22-19(13-18)20(25(32)33)14-23(28-22)30-11-9-29(10-12-30)15-17-5-3-4-6-21(17)26;;;/h3-8,13-14,16H,9-12,15H2,1-2H3,(H,27,31)(H,32,33);3*1H. The summed E-state index contributed by atoms with van der Waals surface area (Å²) in [6.45, 7) is 6.89. The van der Waals surface area contributed by atoms with Crippen molar-refractivity contribution in [1.82, 2.24) is 9.88 Å². The zero-order valence-corrected chi connectivity index (χ0v) is 22.4. The molecule has 0 saturated carbocycles. The van der Waals surface area contributed by atoms with E-state index in [0.29, 0.717) is 47.6 Å². The molecule has 3 aromatic rings. The van der Waals surface area contributed by atoms with Crippen molar-refractivity contribution in [3.8, 4) is 0 Å². The average molecular weight is 560 g/mol. The molecule has 0 spiro atoms. The van der Waals surface area contributed by atoms with Gasteiger partial charge in [-0.15, -0.1) is 37.2 Å². The van der Waals surface area contributed by atoms with Crippen LogP contribution in [0.5, 0.6) is 0 Å². The van der Waals surface area contributed by atoms with E-state index in [1.807, 2.05) is 6.07 Å². The van der Waals surface area contributed by atoms with Crippen LogP contribution in [-0.4, -0.2) is 53.0 Å². The molecule has 196 valence electrons. The third-order valence-electron chi connectivity index (χ3n) is 5.87. The SMILES string of the molecule is CC(C)C(=O)Nc1ccc2nc(N3CCN(Cc4ccccc4F)CC3)cc(C(=O)O)c2c1.Cl.Cl.Cl. The minimum atomic E-state index is -1.05. The van der Waals surface area contributed by atoms with Crippen LogP contribution < -0.4 is 10.2 Å². The number of carbonyl (C=O) groups is 2.